The highest BCUT2D eigenvalue weighted by atomic mass is 16.2. The average Bonchev–Trinajstić information content (AvgIpc) is 3.16. The summed E-state index contributed by atoms with van der Waals surface area (Å²) in [5.74, 6) is 1.67. The second-order valence-corrected chi connectivity index (χ2v) is 9.76. The quantitative estimate of drug-likeness (QED) is 0.507. The molecule has 0 aliphatic carbocycles. The molecule has 1 amide bonds. The SMILES string of the molecule is Cc1nn(-c2ccccc2)c(N2CCN(C)CC2)c1CN(CC(C)C)C(=O)Cc1ccccc1. The first-order chi connectivity index (χ1) is 16.4. The maximum absolute atomic E-state index is 13.4. The van der Waals surface area contributed by atoms with E-state index in [1.54, 1.807) is 0 Å². The Bertz CT molecular complexity index is 1070. The van der Waals surface area contributed by atoms with Crippen LogP contribution in [-0.4, -0.2) is 65.3 Å². The molecular formula is C28H37N5O. The minimum Gasteiger partial charge on any atom is -0.354 e. The molecule has 1 aliphatic rings. The Labute approximate surface area is 203 Å². The lowest BCUT2D eigenvalue weighted by atomic mass is 10.1. The van der Waals surface area contributed by atoms with E-state index in [1.807, 2.05) is 53.4 Å². The van der Waals surface area contributed by atoms with Crippen molar-refractivity contribution in [2.45, 2.75) is 33.7 Å². The number of carbonyl (C=O) groups is 1. The molecule has 2 aromatic carbocycles. The first kappa shape index (κ1) is 24.0. The summed E-state index contributed by atoms with van der Waals surface area (Å²) in [5.41, 5.74) is 4.24. The Hall–Kier alpha value is -3.12. The van der Waals surface area contributed by atoms with E-state index in [4.69, 9.17) is 5.10 Å². The zero-order valence-corrected chi connectivity index (χ0v) is 20.9. The van der Waals surface area contributed by atoms with Crippen LogP contribution in [0.4, 0.5) is 5.82 Å². The van der Waals surface area contributed by atoms with Crippen molar-refractivity contribution in [3.05, 3.63) is 77.5 Å². The number of para-hydroxylation sites is 1. The maximum atomic E-state index is 13.4. The van der Waals surface area contributed by atoms with E-state index in [1.165, 1.54) is 0 Å². The van der Waals surface area contributed by atoms with Gasteiger partial charge in [0.15, 0.2) is 0 Å². The van der Waals surface area contributed by atoms with Crippen molar-refractivity contribution in [2.24, 2.45) is 5.92 Å². The summed E-state index contributed by atoms with van der Waals surface area (Å²) >= 11 is 0. The van der Waals surface area contributed by atoms with Crippen molar-refractivity contribution in [3.8, 4) is 5.69 Å². The van der Waals surface area contributed by atoms with Crippen molar-refractivity contribution >= 4 is 11.7 Å². The molecule has 0 saturated carbocycles. The normalized spacial score (nSPS) is 14.6. The number of anilines is 1. The van der Waals surface area contributed by atoms with Gasteiger partial charge in [0.25, 0.3) is 0 Å². The van der Waals surface area contributed by atoms with E-state index < -0.39 is 0 Å². The molecule has 0 radical (unpaired) electrons. The fourth-order valence-corrected chi connectivity index (χ4v) is 4.59. The molecule has 34 heavy (non-hydrogen) atoms. The zero-order valence-electron chi connectivity index (χ0n) is 20.9. The van der Waals surface area contributed by atoms with Crippen LogP contribution >= 0.6 is 0 Å². The van der Waals surface area contributed by atoms with Crippen molar-refractivity contribution in [2.75, 3.05) is 44.7 Å². The highest BCUT2D eigenvalue weighted by molar-refractivity contribution is 5.79. The van der Waals surface area contributed by atoms with E-state index in [9.17, 15) is 4.79 Å². The van der Waals surface area contributed by atoms with Crippen LogP contribution in [0.2, 0.25) is 0 Å². The number of carbonyl (C=O) groups excluding carboxylic acids is 1. The number of likely N-dealkylation sites (N-methyl/N-ethyl adjacent to an activating group) is 1. The minimum absolute atomic E-state index is 0.163. The second kappa shape index (κ2) is 10.9. The predicted octanol–water partition coefficient (Wildman–Crippen LogP) is 4.16. The van der Waals surface area contributed by atoms with Gasteiger partial charge in [-0.25, -0.2) is 4.68 Å². The van der Waals surface area contributed by atoms with E-state index in [2.05, 4.69) is 54.4 Å². The number of aryl methyl sites for hydroxylation is 1. The number of hydrogen-bond acceptors (Lipinski definition) is 4. The molecule has 6 heteroatoms. The Morgan fingerprint density at radius 1 is 0.971 bits per heavy atom. The number of rotatable bonds is 8. The van der Waals surface area contributed by atoms with Gasteiger partial charge in [-0.2, -0.15) is 5.10 Å². The molecule has 4 rings (SSSR count). The van der Waals surface area contributed by atoms with Gasteiger partial charge in [-0.1, -0.05) is 62.4 Å². The summed E-state index contributed by atoms with van der Waals surface area (Å²) in [6.07, 6.45) is 0.420. The Morgan fingerprint density at radius 3 is 2.21 bits per heavy atom. The standard InChI is InChI=1S/C28H37N5O/c1-22(2)20-32(27(34)19-24-11-7-5-8-12-24)21-26-23(3)29-33(25-13-9-6-10-14-25)28(26)31-17-15-30(4)16-18-31/h5-14,22H,15-21H2,1-4H3. The van der Waals surface area contributed by atoms with Crippen LogP contribution in [0.25, 0.3) is 5.69 Å². The lowest BCUT2D eigenvalue weighted by Crippen LogP contribution is -2.45. The molecule has 0 spiro atoms. The number of nitrogens with zero attached hydrogens (tertiary/aromatic N) is 5. The third kappa shape index (κ3) is 5.68. The van der Waals surface area contributed by atoms with Crippen molar-refractivity contribution in [1.82, 2.24) is 19.6 Å². The van der Waals surface area contributed by atoms with E-state index in [0.29, 0.717) is 18.9 Å². The van der Waals surface area contributed by atoms with Crippen LogP contribution in [0.3, 0.4) is 0 Å². The molecule has 1 aliphatic heterocycles. The van der Waals surface area contributed by atoms with Crippen LogP contribution in [0.5, 0.6) is 0 Å². The number of hydrogen-bond donors (Lipinski definition) is 0. The summed E-state index contributed by atoms with van der Waals surface area (Å²) in [5, 5.41) is 4.97. The average molecular weight is 460 g/mol. The fourth-order valence-electron chi connectivity index (χ4n) is 4.59. The minimum atomic E-state index is 0.163. The molecule has 0 atom stereocenters. The lowest BCUT2D eigenvalue weighted by Gasteiger charge is -2.35. The smallest absolute Gasteiger partial charge is 0.227 e. The van der Waals surface area contributed by atoms with Gasteiger partial charge >= 0.3 is 0 Å². The molecule has 1 aromatic heterocycles. The zero-order chi connectivity index (χ0) is 24.1. The maximum Gasteiger partial charge on any atom is 0.227 e. The van der Waals surface area contributed by atoms with Crippen LogP contribution in [-0.2, 0) is 17.8 Å². The van der Waals surface area contributed by atoms with Gasteiger partial charge in [-0.15, -0.1) is 0 Å². The van der Waals surface area contributed by atoms with Gasteiger partial charge in [0, 0.05) is 38.3 Å². The second-order valence-electron chi connectivity index (χ2n) is 9.76. The molecule has 0 unspecified atom stereocenters. The van der Waals surface area contributed by atoms with Gasteiger partial charge in [0.1, 0.15) is 5.82 Å². The lowest BCUT2D eigenvalue weighted by molar-refractivity contribution is -0.131. The molecule has 6 nitrogen and oxygen atoms in total. The predicted molar refractivity (Wildman–Crippen MR) is 138 cm³/mol. The molecule has 2 heterocycles. The van der Waals surface area contributed by atoms with Gasteiger partial charge < -0.3 is 14.7 Å². The number of amides is 1. The third-order valence-electron chi connectivity index (χ3n) is 6.45. The van der Waals surface area contributed by atoms with Crippen LogP contribution in [0.15, 0.2) is 60.7 Å². The number of benzene rings is 2. The van der Waals surface area contributed by atoms with E-state index in [0.717, 1.165) is 61.0 Å². The Kier molecular flexibility index (Phi) is 7.68. The van der Waals surface area contributed by atoms with E-state index in [-0.39, 0.29) is 5.91 Å². The molecule has 1 saturated heterocycles. The van der Waals surface area contributed by atoms with Gasteiger partial charge in [0.2, 0.25) is 5.91 Å². The molecule has 3 aromatic rings. The van der Waals surface area contributed by atoms with E-state index >= 15 is 0 Å². The van der Waals surface area contributed by atoms with Gasteiger partial charge in [-0.05, 0) is 37.6 Å². The summed E-state index contributed by atoms with van der Waals surface area (Å²) in [6.45, 7) is 11.6. The van der Waals surface area contributed by atoms with Crippen LogP contribution in [0.1, 0.15) is 30.7 Å². The van der Waals surface area contributed by atoms with Crippen molar-refractivity contribution in [1.29, 1.82) is 0 Å². The van der Waals surface area contributed by atoms with Crippen molar-refractivity contribution in [3.63, 3.8) is 0 Å². The fraction of sp³-hybridized carbons (Fsp3) is 0.429. The summed E-state index contributed by atoms with van der Waals surface area (Å²) in [4.78, 5) is 20.3. The molecule has 0 bridgehead atoms. The molecule has 0 N–H and O–H groups in total. The number of aromatic nitrogens is 2. The Balaban J connectivity index is 1.69. The summed E-state index contributed by atoms with van der Waals surface area (Å²) < 4.78 is 2.07. The van der Waals surface area contributed by atoms with Gasteiger partial charge in [-0.3, -0.25) is 4.79 Å². The highest BCUT2D eigenvalue weighted by Crippen LogP contribution is 2.30. The van der Waals surface area contributed by atoms with Crippen LogP contribution < -0.4 is 4.90 Å². The topological polar surface area (TPSA) is 44.6 Å². The monoisotopic (exact) mass is 459 g/mol. The highest BCUT2D eigenvalue weighted by Gasteiger charge is 2.27. The first-order valence-electron chi connectivity index (χ1n) is 12.3. The molecular weight excluding hydrogens is 422 g/mol. The van der Waals surface area contributed by atoms with Crippen molar-refractivity contribution < 1.29 is 4.79 Å². The third-order valence-corrected chi connectivity index (χ3v) is 6.45. The Morgan fingerprint density at radius 2 is 1.59 bits per heavy atom. The van der Waals surface area contributed by atoms with Crippen LogP contribution in [0, 0.1) is 12.8 Å². The summed E-state index contributed by atoms with van der Waals surface area (Å²) in [6, 6.07) is 20.4. The molecule has 180 valence electrons. The largest absolute Gasteiger partial charge is 0.354 e. The first-order valence-corrected chi connectivity index (χ1v) is 12.3. The summed E-state index contributed by atoms with van der Waals surface area (Å²) in [7, 11) is 2.17. The van der Waals surface area contributed by atoms with Gasteiger partial charge in [0.05, 0.1) is 24.3 Å². The molecule has 1 fully saturated rings. The number of piperazine rings is 1.